The highest BCUT2D eigenvalue weighted by atomic mass is 16.6. The van der Waals surface area contributed by atoms with Crippen molar-refractivity contribution in [2.24, 2.45) is 0 Å². The van der Waals surface area contributed by atoms with E-state index in [2.05, 4.69) is 4.98 Å². The summed E-state index contributed by atoms with van der Waals surface area (Å²) >= 11 is 0. The Bertz CT molecular complexity index is 581. The molecule has 1 aromatic rings. The van der Waals surface area contributed by atoms with Gasteiger partial charge in [-0.3, -0.25) is 4.98 Å². The first-order valence-corrected chi connectivity index (χ1v) is 8.34. The molecule has 6 heteroatoms. The number of hydrogen-bond donors (Lipinski definition) is 1. The molecule has 1 aromatic heterocycles. The topological polar surface area (TPSA) is 71.9 Å². The van der Waals surface area contributed by atoms with Crippen molar-refractivity contribution in [3.63, 3.8) is 0 Å². The Kier molecular flexibility index (Phi) is 5.38. The number of likely N-dealkylation sites (tertiary alicyclic amines) is 1. The van der Waals surface area contributed by atoms with Crippen LogP contribution >= 0.6 is 0 Å². The first-order valence-electron chi connectivity index (χ1n) is 8.34. The van der Waals surface area contributed by atoms with Gasteiger partial charge in [0.15, 0.2) is 0 Å². The predicted molar refractivity (Wildman–Crippen MR) is 90.8 cm³/mol. The van der Waals surface area contributed by atoms with E-state index < -0.39 is 5.60 Å². The number of carbonyl (C=O) groups is 1. The van der Waals surface area contributed by atoms with Crippen LogP contribution in [0.2, 0.25) is 0 Å². The zero-order chi connectivity index (χ0) is 18.0. The highest BCUT2D eigenvalue weighted by Gasteiger charge is 2.40. The molecule has 1 aliphatic rings. The molecule has 0 aliphatic carbocycles. The normalized spacial score (nSPS) is 20.6. The molecule has 0 bridgehead atoms. The Morgan fingerprint density at radius 1 is 1.46 bits per heavy atom. The van der Waals surface area contributed by atoms with E-state index in [1.54, 1.807) is 23.2 Å². The van der Waals surface area contributed by atoms with Gasteiger partial charge in [0.05, 0.1) is 12.3 Å². The van der Waals surface area contributed by atoms with Crippen molar-refractivity contribution in [3.8, 4) is 5.75 Å². The van der Waals surface area contributed by atoms with Crippen LogP contribution in [0.5, 0.6) is 5.75 Å². The third-order valence-corrected chi connectivity index (χ3v) is 4.00. The van der Waals surface area contributed by atoms with Gasteiger partial charge in [-0.25, -0.2) is 4.79 Å². The standard InChI is InChI=1S/C18H28N2O4/c1-17(2,3)24-16(22)20-9-7-15(11-18(20,4)5)23-14-6-8-19-13(10-14)12-21/h6,8,10,15,21H,7,9,11-12H2,1-5H3. The Morgan fingerprint density at radius 2 is 2.17 bits per heavy atom. The van der Waals surface area contributed by atoms with Crippen LogP contribution < -0.4 is 4.74 Å². The monoisotopic (exact) mass is 336 g/mol. The van der Waals surface area contributed by atoms with Gasteiger partial charge in [0, 0.05) is 37.2 Å². The summed E-state index contributed by atoms with van der Waals surface area (Å²) in [6.07, 6.45) is 2.80. The van der Waals surface area contributed by atoms with Crippen LogP contribution in [0.4, 0.5) is 4.79 Å². The lowest BCUT2D eigenvalue weighted by Crippen LogP contribution is -2.56. The summed E-state index contributed by atoms with van der Waals surface area (Å²) in [6.45, 7) is 10.1. The Balaban J connectivity index is 2.01. The number of carbonyl (C=O) groups excluding carboxylic acids is 1. The first kappa shape index (κ1) is 18.5. The molecule has 1 atom stereocenters. The summed E-state index contributed by atoms with van der Waals surface area (Å²) < 4.78 is 11.5. The molecule has 0 saturated carbocycles. The van der Waals surface area contributed by atoms with Crippen molar-refractivity contribution < 1.29 is 19.4 Å². The predicted octanol–water partition coefficient (Wildman–Crippen LogP) is 3.13. The Morgan fingerprint density at radius 3 is 2.75 bits per heavy atom. The van der Waals surface area contributed by atoms with Crippen LogP contribution in [0.1, 0.15) is 53.2 Å². The Hall–Kier alpha value is -1.82. The number of ether oxygens (including phenoxy) is 2. The molecule has 1 saturated heterocycles. The van der Waals surface area contributed by atoms with E-state index in [0.717, 1.165) is 6.42 Å². The maximum atomic E-state index is 12.4. The van der Waals surface area contributed by atoms with Crippen molar-refractivity contribution in [2.45, 2.75) is 71.3 Å². The molecule has 1 amide bonds. The van der Waals surface area contributed by atoms with Crippen LogP contribution in [-0.2, 0) is 11.3 Å². The second kappa shape index (κ2) is 6.97. The molecular weight excluding hydrogens is 308 g/mol. The number of nitrogens with zero attached hydrogens (tertiary/aromatic N) is 2. The van der Waals surface area contributed by atoms with E-state index in [1.165, 1.54) is 0 Å². The smallest absolute Gasteiger partial charge is 0.410 e. The summed E-state index contributed by atoms with van der Waals surface area (Å²) in [6, 6.07) is 3.53. The minimum absolute atomic E-state index is 0.00706. The molecule has 0 radical (unpaired) electrons. The quantitative estimate of drug-likeness (QED) is 0.918. The van der Waals surface area contributed by atoms with Crippen molar-refractivity contribution in [1.82, 2.24) is 9.88 Å². The van der Waals surface area contributed by atoms with E-state index in [1.807, 2.05) is 34.6 Å². The van der Waals surface area contributed by atoms with E-state index in [-0.39, 0.29) is 24.3 Å². The number of aromatic nitrogens is 1. The fourth-order valence-corrected chi connectivity index (χ4v) is 2.91. The fraction of sp³-hybridized carbons (Fsp3) is 0.667. The summed E-state index contributed by atoms with van der Waals surface area (Å²) in [4.78, 5) is 18.2. The van der Waals surface area contributed by atoms with Crippen molar-refractivity contribution in [3.05, 3.63) is 24.0 Å². The maximum absolute atomic E-state index is 12.4. The molecular formula is C18H28N2O4. The van der Waals surface area contributed by atoms with Gasteiger partial charge in [-0.1, -0.05) is 0 Å². The highest BCUT2D eigenvalue weighted by molar-refractivity contribution is 5.69. The number of aliphatic hydroxyl groups is 1. The summed E-state index contributed by atoms with van der Waals surface area (Å²) in [5.41, 5.74) is -0.269. The van der Waals surface area contributed by atoms with E-state index in [4.69, 9.17) is 14.6 Å². The van der Waals surface area contributed by atoms with E-state index in [9.17, 15) is 4.79 Å². The molecule has 0 spiro atoms. The fourth-order valence-electron chi connectivity index (χ4n) is 2.91. The zero-order valence-electron chi connectivity index (χ0n) is 15.2. The molecule has 1 unspecified atom stereocenters. The lowest BCUT2D eigenvalue weighted by atomic mass is 9.89. The van der Waals surface area contributed by atoms with Gasteiger partial charge in [-0.05, 0) is 40.7 Å². The molecule has 2 heterocycles. The first-order chi connectivity index (χ1) is 11.1. The minimum Gasteiger partial charge on any atom is -0.490 e. The molecule has 134 valence electrons. The molecule has 1 N–H and O–H groups in total. The van der Waals surface area contributed by atoms with Gasteiger partial charge >= 0.3 is 6.09 Å². The molecule has 1 aliphatic heterocycles. The summed E-state index contributed by atoms with van der Waals surface area (Å²) in [7, 11) is 0. The number of piperidine rings is 1. The average molecular weight is 336 g/mol. The number of pyridine rings is 1. The van der Waals surface area contributed by atoms with Crippen molar-refractivity contribution >= 4 is 6.09 Å². The third kappa shape index (κ3) is 4.84. The average Bonchev–Trinajstić information content (AvgIpc) is 2.44. The molecule has 1 fully saturated rings. The minimum atomic E-state index is -0.502. The number of hydrogen-bond acceptors (Lipinski definition) is 5. The second-order valence-electron chi connectivity index (χ2n) is 7.82. The van der Waals surface area contributed by atoms with Gasteiger partial charge in [-0.2, -0.15) is 0 Å². The van der Waals surface area contributed by atoms with Gasteiger partial charge in [-0.15, -0.1) is 0 Å². The zero-order valence-corrected chi connectivity index (χ0v) is 15.2. The van der Waals surface area contributed by atoms with Gasteiger partial charge in [0.1, 0.15) is 17.5 Å². The van der Waals surface area contributed by atoms with Crippen LogP contribution in [0, 0.1) is 0 Å². The Labute approximate surface area is 143 Å². The lowest BCUT2D eigenvalue weighted by molar-refractivity contribution is -0.0262. The van der Waals surface area contributed by atoms with Crippen LogP contribution in [0.25, 0.3) is 0 Å². The maximum Gasteiger partial charge on any atom is 0.410 e. The second-order valence-corrected chi connectivity index (χ2v) is 7.82. The highest BCUT2D eigenvalue weighted by Crippen LogP contribution is 2.31. The van der Waals surface area contributed by atoms with Crippen LogP contribution in [-0.4, -0.2) is 44.9 Å². The van der Waals surface area contributed by atoms with Crippen LogP contribution in [0.15, 0.2) is 18.3 Å². The largest absolute Gasteiger partial charge is 0.490 e. The number of aliphatic hydroxyl groups excluding tert-OH is 1. The summed E-state index contributed by atoms with van der Waals surface area (Å²) in [5, 5.41) is 9.16. The molecule has 2 rings (SSSR count). The molecule has 0 aromatic carbocycles. The molecule has 6 nitrogen and oxygen atoms in total. The van der Waals surface area contributed by atoms with Gasteiger partial charge < -0.3 is 19.5 Å². The van der Waals surface area contributed by atoms with E-state index in [0.29, 0.717) is 24.4 Å². The lowest BCUT2D eigenvalue weighted by Gasteiger charge is -2.45. The van der Waals surface area contributed by atoms with Crippen molar-refractivity contribution in [1.29, 1.82) is 0 Å². The van der Waals surface area contributed by atoms with Crippen LogP contribution in [0.3, 0.4) is 0 Å². The van der Waals surface area contributed by atoms with Crippen molar-refractivity contribution in [2.75, 3.05) is 6.54 Å². The SMILES string of the molecule is CC(C)(C)OC(=O)N1CCC(Oc2ccnc(CO)c2)CC1(C)C. The third-order valence-electron chi connectivity index (χ3n) is 4.00. The summed E-state index contributed by atoms with van der Waals surface area (Å²) in [5.74, 6) is 0.695. The molecule has 24 heavy (non-hydrogen) atoms. The van der Waals surface area contributed by atoms with Gasteiger partial charge in [0.2, 0.25) is 0 Å². The van der Waals surface area contributed by atoms with E-state index >= 15 is 0 Å². The number of rotatable bonds is 3. The van der Waals surface area contributed by atoms with Gasteiger partial charge in [0.25, 0.3) is 0 Å². The number of amides is 1.